The molecule has 0 bridgehead atoms. The Bertz CT molecular complexity index is 868. The number of hydrogen-bond donors (Lipinski definition) is 2. The third kappa shape index (κ3) is 7.37. The molecule has 0 spiro atoms. The molecule has 2 amide bonds. The van der Waals surface area contributed by atoms with E-state index in [2.05, 4.69) is 41.5 Å². The summed E-state index contributed by atoms with van der Waals surface area (Å²) in [4.78, 5) is 26.7. The van der Waals surface area contributed by atoms with Crippen molar-refractivity contribution < 1.29 is 9.59 Å². The summed E-state index contributed by atoms with van der Waals surface area (Å²) >= 11 is 6.29. The predicted molar refractivity (Wildman–Crippen MR) is 128 cm³/mol. The summed E-state index contributed by atoms with van der Waals surface area (Å²) in [7, 11) is 5.58. The normalized spacial score (nSPS) is 13.2. The highest BCUT2D eigenvalue weighted by atomic mass is 35.5. The number of likely N-dealkylation sites (N-methyl/N-ethyl adjacent to an activating group) is 1. The first-order valence-corrected chi connectivity index (χ1v) is 11.1. The second-order valence-corrected chi connectivity index (χ2v) is 8.89. The number of rotatable bonds is 10. The second kappa shape index (κ2) is 11.9. The Labute approximate surface area is 191 Å². The lowest BCUT2D eigenvalue weighted by atomic mass is 9.85. The fourth-order valence-electron chi connectivity index (χ4n) is 3.66. The van der Waals surface area contributed by atoms with Gasteiger partial charge in [0.1, 0.15) is 0 Å². The van der Waals surface area contributed by atoms with E-state index in [-0.39, 0.29) is 23.8 Å². The van der Waals surface area contributed by atoms with Crippen molar-refractivity contribution in [1.29, 1.82) is 0 Å². The maximum Gasteiger partial charge on any atom is 0.252 e. The molecule has 5 nitrogen and oxygen atoms in total. The minimum atomic E-state index is -0.203. The van der Waals surface area contributed by atoms with E-state index >= 15 is 0 Å². The number of carbonyl (C=O) groups excluding carboxylic acids is 2. The quantitative estimate of drug-likeness (QED) is 0.580. The molecule has 0 heterocycles. The first-order valence-electron chi connectivity index (χ1n) is 10.7. The first-order chi connectivity index (χ1) is 14.7. The van der Waals surface area contributed by atoms with Crippen LogP contribution in [0.5, 0.6) is 0 Å². The number of carbonyl (C=O) groups is 2. The summed E-state index contributed by atoms with van der Waals surface area (Å²) in [5, 5.41) is 6.14. The number of hydrogen-bond acceptors (Lipinski definition) is 3. The van der Waals surface area contributed by atoms with Crippen LogP contribution >= 0.6 is 11.6 Å². The van der Waals surface area contributed by atoms with Crippen LogP contribution in [0.2, 0.25) is 5.02 Å². The lowest BCUT2D eigenvalue weighted by molar-refractivity contribution is -0.121. The molecule has 2 atom stereocenters. The molecule has 2 N–H and O–H groups in total. The van der Waals surface area contributed by atoms with Crippen molar-refractivity contribution in [2.24, 2.45) is 5.92 Å². The Hall–Kier alpha value is -2.37. The van der Waals surface area contributed by atoms with Gasteiger partial charge in [0.2, 0.25) is 5.91 Å². The molecule has 0 aliphatic heterocycles. The number of nitrogens with zero attached hydrogens (tertiary/aromatic N) is 1. The maximum absolute atomic E-state index is 12.7. The van der Waals surface area contributed by atoms with Gasteiger partial charge in [-0.15, -0.1) is 0 Å². The van der Waals surface area contributed by atoms with Crippen molar-refractivity contribution in [3.63, 3.8) is 0 Å². The van der Waals surface area contributed by atoms with Gasteiger partial charge in [-0.05, 0) is 55.6 Å². The van der Waals surface area contributed by atoms with E-state index in [1.807, 2.05) is 44.4 Å². The van der Waals surface area contributed by atoms with Gasteiger partial charge in [0.05, 0.1) is 10.6 Å². The van der Waals surface area contributed by atoms with Gasteiger partial charge >= 0.3 is 0 Å². The van der Waals surface area contributed by atoms with Gasteiger partial charge in [-0.2, -0.15) is 0 Å². The molecular weight excluding hydrogens is 410 g/mol. The van der Waals surface area contributed by atoms with Crippen molar-refractivity contribution in [1.82, 2.24) is 15.5 Å². The minimum absolute atomic E-state index is 0.0578. The lowest BCUT2D eigenvalue weighted by Crippen LogP contribution is -2.42. The molecule has 0 fully saturated rings. The zero-order chi connectivity index (χ0) is 23.0. The van der Waals surface area contributed by atoms with Gasteiger partial charge in [-0.3, -0.25) is 9.59 Å². The summed E-state index contributed by atoms with van der Waals surface area (Å²) in [5.74, 6) is 0.419. The highest BCUT2D eigenvalue weighted by Crippen LogP contribution is 2.27. The average Bonchev–Trinajstić information content (AvgIpc) is 2.74. The monoisotopic (exact) mass is 443 g/mol. The second-order valence-electron chi connectivity index (χ2n) is 8.48. The van der Waals surface area contributed by atoms with E-state index in [4.69, 9.17) is 11.6 Å². The van der Waals surface area contributed by atoms with Crippen molar-refractivity contribution in [2.75, 3.05) is 27.7 Å². The molecule has 2 aromatic rings. The smallest absolute Gasteiger partial charge is 0.252 e. The molecule has 2 aromatic carbocycles. The molecule has 0 radical (unpaired) electrons. The van der Waals surface area contributed by atoms with E-state index in [9.17, 15) is 9.59 Å². The Balaban J connectivity index is 1.99. The van der Waals surface area contributed by atoms with Crippen molar-refractivity contribution >= 4 is 23.4 Å². The first kappa shape index (κ1) is 24.9. The third-order valence-electron chi connectivity index (χ3n) is 5.68. The fourth-order valence-corrected chi connectivity index (χ4v) is 3.94. The van der Waals surface area contributed by atoms with Crippen LogP contribution in [0.25, 0.3) is 0 Å². The van der Waals surface area contributed by atoms with Crippen LogP contribution in [0.4, 0.5) is 0 Å². The Morgan fingerprint density at radius 3 is 2.29 bits per heavy atom. The number of nitrogens with one attached hydrogen (secondary N) is 2. The molecule has 2 rings (SSSR count). The predicted octanol–water partition coefficient (Wildman–Crippen LogP) is 4.12. The van der Waals surface area contributed by atoms with E-state index in [1.54, 1.807) is 13.1 Å². The fraction of sp³-hybridized carbons (Fsp3) is 0.440. The zero-order valence-corrected chi connectivity index (χ0v) is 19.9. The van der Waals surface area contributed by atoms with Crippen LogP contribution in [0.3, 0.4) is 0 Å². The van der Waals surface area contributed by atoms with E-state index in [0.717, 1.165) is 5.56 Å². The average molecular weight is 444 g/mol. The number of halogens is 1. The van der Waals surface area contributed by atoms with Crippen LogP contribution < -0.4 is 10.6 Å². The SMILES string of the molecule is CNC(=O)c1ccc(C[C@@H](CNC(=O)C[C@@H](c2ccccc2)C(C)C)N(C)C)cc1Cl. The third-order valence-corrected chi connectivity index (χ3v) is 5.99. The lowest BCUT2D eigenvalue weighted by Gasteiger charge is -2.26. The topological polar surface area (TPSA) is 61.4 Å². The summed E-state index contributed by atoms with van der Waals surface area (Å²) in [6.07, 6.45) is 1.18. The summed E-state index contributed by atoms with van der Waals surface area (Å²) in [5.41, 5.74) is 2.68. The van der Waals surface area contributed by atoms with E-state index in [1.165, 1.54) is 5.56 Å². The molecule has 6 heteroatoms. The highest BCUT2D eigenvalue weighted by Gasteiger charge is 2.21. The standard InChI is InChI=1S/C25H34ClN3O2/c1-17(2)22(19-9-7-6-8-10-19)15-24(30)28-16-20(29(4)5)13-18-11-12-21(23(26)14-18)25(31)27-3/h6-12,14,17,20,22H,13,15-16H2,1-5H3,(H,27,31)(H,28,30)/t20-,22+/m0/s1. The van der Waals surface area contributed by atoms with Crippen molar-refractivity contribution in [3.8, 4) is 0 Å². The summed E-state index contributed by atoms with van der Waals surface area (Å²) in [6, 6.07) is 15.8. The van der Waals surface area contributed by atoms with Crippen LogP contribution in [0.15, 0.2) is 48.5 Å². The molecule has 0 aliphatic rings. The van der Waals surface area contributed by atoms with Gasteiger partial charge in [0.15, 0.2) is 0 Å². The summed E-state index contributed by atoms with van der Waals surface area (Å²) in [6.45, 7) is 4.85. The van der Waals surface area contributed by atoms with E-state index < -0.39 is 0 Å². The van der Waals surface area contributed by atoms with Crippen LogP contribution in [-0.2, 0) is 11.2 Å². The Morgan fingerprint density at radius 2 is 1.74 bits per heavy atom. The molecule has 168 valence electrons. The van der Waals surface area contributed by atoms with Gasteiger partial charge in [0, 0.05) is 26.1 Å². The van der Waals surface area contributed by atoms with Crippen molar-refractivity contribution in [2.45, 2.75) is 38.6 Å². The molecule has 31 heavy (non-hydrogen) atoms. The van der Waals surface area contributed by atoms with Gasteiger partial charge < -0.3 is 15.5 Å². The largest absolute Gasteiger partial charge is 0.355 e. The zero-order valence-electron chi connectivity index (χ0n) is 19.1. The van der Waals surface area contributed by atoms with Gasteiger partial charge in [0.25, 0.3) is 5.91 Å². The van der Waals surface area contributed by atoms with Crippen molar-refractivity contribution in [3.05, 3.63) is 70.2 Å². The molecule has 0 unspecified atom stereocenters. The molecule has 0 aliphatic carbocycles. The van der Waals surface area contributed by atoms with Gasteiger partial charge in [-0.25, -0.2) is 0 Å². The molecule has 0 saturated heterocycles. The maximum atomic E-state index is 12.7. The van der Waals surface area contributed by atoms with Crippen LogP contribution in [-0.4, -0.2) is 50.4 Å². The molecule has 0 aromatic heterocycles. The summed E-state index contributed by atoms with van der Waals surface area (Å²) < 4.78 is 0. The Morgan fingerprint density at radius 1 is 1.06 bits per heavy atom. The highest BCUT2D eigenvalue weighted by molar-refractivity contribution is 6.33. The number of amides is 2. The van der Waals surface area contributed by atoms with Crippen LogP contribution in [0.1, 0.15) is 47.7 Å². The molecule has 0 saturated carbocycles. The van der Waals surface area contributed by atoms with E-state index in [0.29, 0.717) is 35.9 Å². The molecular formula is C25H34ClN3O2. The number of benzene rings is 2. The van der Waals surface area contributed by atoms with Crippen LogP contribution in [0, 0.1) is 5.92 Å². The van der Waals surface area contributed by atoms with Gasteiger partial charge in [-0.1, -0.05) is 61.8 Å². The minimum Gasteiger partial charge on any atom is -0.355 e. The Kier molecular flexibility index (Phi) is 9.53.